The van der Waals surface area contributed by atoms with Crippen LogP contribution in [0.5, 0.6) is 0 Å². The Morgan fingerprint density at radius 2 is 1.75 bits per heavy atom. The van der Waals surface area contributed by atoms with Crippen molar-refractivity contribution in [1.29, 1.82) is 0 Å². The Balaban J connectivity index is 2.43. The summed E-state index contributed by atoms with van der Waals surface area (Å²) in [6.07, 6.45) is 10.2. The molecule has 0 heterocycles. The van der Waals surface area contributed by atoms with Gasteiger partial charge in [0, 0.05) is 6.42 Å². The van der Waals surface area contributed by atoms with Crippen molar-refractivity contribution in [3.8, 4) is 0 Å². The summed E-state index contributed by atoms with van der Waals surface area (Å²) < 4.78 is 0. The number of likely N-dealkylation sites (N-methyl/N-ethyl adjacent to an activating group) is 1. The lowest BCUT2D eigenvalue weighted by atomic mass is 9.87. The van der Waals surface area contributed by atoms with Crippen LogP contribution < -0.4 is 0 Å². The molecule has 0 spiro atoms. The Morgan fingerprint density at radius 1 is 1.12 bits per heavy atom. The van der Waals surface area contributed by atoms with E-state index in [2.05, 4.69) is 25.9 Å². The number of hydrogen-bond acceptors (Lipinski definition) is 2. The van der Waals surface area contributed by atoms with Crippen molar-refractivity contribution in [3.63, 3.8) is 0 Å². The van der Waals surface area contributed by atoms with Crippen LogP contribution in [0.25, 0.3) is 0 Å². The summed E-state index contributed by atoms with van der Waals surface area (Å²) in [6.45, 7) is 2.21. The normalized spacial score (nSPS) is 19.2. The highest BCUT2D eigenvalue weighted by molar-refractivity contribution is 5.88. The van der Waals surface area contributed by atoms with Gasteiger partial charge in [-0.3, -0.25) is 9.69 Å². The smallest absolute Gasteiger partial charge is 0.153 e. The van der Waals surface area contributed by atoms with Gasteiger partial charge in [0.2, 0.25) is 0 Å². The number of Topliss-reactive ketones (excluding diaryl/α,β-unsaturated/α-hetero) is 1. The van der Waals surface area contributed by atoms with E-state index in [1.807, 2.05) is 0 Å². The van der Waals surface area contributed by atoms with Crippen LogP contribution in [-0.2, 0) is 4.79 Å². The SMILES string of the molecule is CCCCCCC(=O)C1(N(C)C)CCCC1. The summed E-state index contributed by atoms with van der Waals surface area (Å²) in [6, 6.07) is 0. The van der Waals surface area contributed by atoms with E-state index in [9.17, 15) is 4.79 Å². The molecule has 0 N–H and O–H groups in total. The molecule has 1 saturated carbocycles. The maximum atomic E-state index is 12.3. The fourth-order valence-electron chi connectivity index (χ4n) is 2.88. The molecule has 0 radical (unpaired) electrons. The van der Waals surface area contributed by atoms with Gasteiger partial charge in [0.15, 0.2) is 5.78 Å². The molecular weight excluding hydrogens is 198 g/mol. The molecule has 1 aliphatic carbocycles. The quantitative estimate of drug-likeness (QED) is 0.619. The van der Waals surface area contributed by atoms with Crippen LogP contribution in [0, 0.1) is 0 Å². The van der Waals surface area contributed by atoms with Crippen molar-refractivity contribution in [1.82, 2.24) is 4.90 Å². The van der Waals surface area contributed by atoms with Crippen LogP contribution in [0.15, 0.2) is 0 Å². The summed E-state index contributed by atoms with van der Waals surface area (Å²) in [5.41, 5.74) is -0.105. The minimum absolute atomic E-state index is 0.105. The maximum absolute atomic E-state index is 12.3. The minimum Gasteiger partial charge on any atom is -0.298 e. The Kier molecular flexibility index (Phi) is 5.47. The Hall–Kier alpha value is -0.370. The summed E-state index contributed by atoms with van der Waals surface area (Å²) >= 11 is 0. The van der Waals surface area contributed by atoms with E-state index in [-0.39, 0.29) is 5.54 Å². The average Bonchev–Trinajstić information content (AvgIpc) is 2.74. The monoisotopic (exact) mass is 225 g/mol. The molecule has 1 fully saturated rings. The van der Waals surface area contributed by atoms with Crippen LogP contribution in [-0.4, -0.2) is 30.3 Å². The lowest BCUT2D eigenvalue weighted by Gasteiger charge is -2.34. The number of carbonyl (C=O) groups excluding carboxylic acids is 1. The minimum atomic E-state index is -0.105. The van der Waals surface area contributed by atoms with Crippen molar-refractivity contribution in [2.45, 2.75) is 70.3 Å². The van der Waals surface area contributed by atoms with Gasteiger partial charge in [0.25, 0.3) is 0 Å². The summed E-state index contributed by atoms with van der Waals surface area (Å²) in [7, 11) is 4.13. The molecule has 1 rings (SSSR count). The van der Waals surface area contributed by atoms with Crippen molar-refractivity contribution in [2.24, 2.45) is 0 Å². The average molecular weight is 225 g/mol. The van der Waals surface area contributed by atoms with Crippen LogP contribution in [0.3, 0.4) is 0 Å². The molecule has 0 bridgehead atoms. The van der Waals surface area contributed by atoms with Crippen LogP contribution >= 0.6 is 0 Å². The lowest BCUT2D eigenvalue weighted by Crippen LogP contribution is -2.48. The summed E-state index contributed by atoms with van der Waals surface area (Å²) in [5, 5.41) is 0. The largest absolute Gasteiger partial charge is 0.298 e. The predicted molar refractivity (Wildman–Crippen MR) is 68.7 cm³/mol. The van der Waals surface area contributed by atoms with Crippen molar-refractivity contribution in [2.75, 3.05) is 14.1 Å². The highest BCUT2D eigenvalue weighted by atomic mass is 16.1. The fraction of sp³-hybridized carbons (Fsp3) is 0.929. The Labute approximate surface area is 100 Å². The summed E-state index contributed by atoms with van der Waals surface area (Å²) in [4.78, 5) is 14.5. The molecule has 0 aromatic rings. The molecule has 0 aromatic heterocycles. The molecule has 94 valence electrons. The molecular formula is C14H27NO. The Morgan fingerprint density at radius 3 is 2.25 bits per heavy atom. The lowest BCUT2D eigenvalue weighted by molar-refractivity contribution is -0.129. The van der Waals surface area contributed by atoms with Gasteiger partial charge in [-0.15, -0.1) is 0 Å². The second-order valence-electron chi connectivity index (χ2n) is 5.37. The molecule has 0 aliphatic heterocycles. The molecule has 1 aliphatic rings. The first-order chi connectivity index (χ1) is 7.63. The van der Waals surface area contributed by atoms with E-state index in [0.717, 1.165) is 25.7 Å². The molecule has 0 unspecified atom stereocenters. The van der Waals surface area contributed by atoms with Gasteiger partial charge in [0.05, 0.1) is 5.54 Å². The van der Waals surface area contributed by atoms with Crippen LogP contribution in [0.4, 0.5) is 0 Å². The molecule has 2 heteroatoms. The van der Waals surface area contributed by atoms with Gasteiger partial charge < -0.3 is 0 Å². The number of rotatable bonds is 7. The van der Waals surface area contributed by atoms with E-state index in [4.69, 9.17) is 0 Å². The van der Waals surface area contributed by atoms with Gasteiger partial charge in [-0.2, -0.15) is 0 Å². The molecule has 0 saturated heterocycles. The predicted octanol–water partition coefficient (Wildman–Crippen LogP) is 3.40. The third-order valence-electron chi connectivity index (χ3n) is 4.06. The standard InChI is InChI=1S/C14H27NO/c1-4-5-6-7-10-13(16)14(15(2)3)11-8-9-12-14/h4-12H2,1-3H3. The van der Waals surface area contributed by atoms with Gasteiger partial charge in [-0.05, 0) is 33.4 Å². The van der Waals surface area contributed by atoms with E-state index in [0.29, 0.717) is 5.78 Å². The Bertz CT molecular complexity index is 217. The topological polar surface area (TPSA) is 20.3 Å². The van der Waals surface area contributed by atoms with Crippen molar-refractivity contribution >= 4 is 5.78 Å². The molecule has 0 atom stereocenters. The highest BCUT2D eigenvalue weighted by Crippen LogP contribution is 2.35. The van der Waals surface area contributed by atoms with Crippen LogP contribution in [0.2, 0.25) is 0 Å². The summed E-state index contributed by atoms with van der Waals surface area (Å²) in [5.74, 6) is 0.492. The second kappa shape index (κ2) is 6.39. The molecule has 0 aromatic carbocycles. The van der Waals surface area contributed by atoms with E-state index in [1.165, 1.54) is 32.1 Å². The third kappa shape index (κ3) is 3.07. The molecule has 16 heavy (non-hydrogen) atoms. The van der Waals surface area contributed by atoms with Crippen LogP contribution in [0.1, 0.15) is 64.7 Å². The number of hydrogen-bond donors (Lipinski definition) is 0. The van der Waals surface area contributed by atoms with Gasteiger partial charge >= 0.3 is 0 Å². The second-order valence-corrected chi connectivity index (χ2v) is 5.37. The van der Waals surface area contributed by atoms with Gasteiger partial charge in [-0.1, -0.05) is 39.0 Å². The zero-order valence-electron chi connectivity index (χ0n) is 11.2. The zero-order valence-corrected chi connectivity index (χ0v) is 11.2. The zero-order chi connectivity index (χ0) is 12.0. The maximum Gasteiger partial charge on any atom is 0.153 e. The number of carbonyl (C=O) groups is 1. The number of unbranched alkanes of at least 4 members (excludes halogenated alkanes) is 3. The number of ketones is 1. The molecule has 2 nitrogen and oxygen atoms in total. The van der Waals surface area contributed by atoms with E-state index in [1.54, 1.807) is 0 Å². The fourth-order valence-corrected chi connectivity index (χ4v) is 2.88. The highest BCUT2D eigenvalue weighted by Gasteiger charge is 2.41. The first kappa shape index (κ1) is 13.7. The first-order valence-electron chi connectivity index (χ1n) is 6.84. The number of nitrogens with zero attached hydrogens (tertiary/aromatic N) is 1. The van der Waals surface area contributed by atoms with Crippen molar-refractivity contribution in [3.05, 3.63) is 0 Å². The first-order valence-corrected chi connectivity index (χ1v) is 6.84. The van der Waals surface area contributed by atoms with Gasteiger partial charge in [0.1, 0.15) is 0 Å². The van der Waals surface area contributed by atoms with Gasteiger partial charge in [-0.25, -0.2) is 0 Å². The van der Waals surface area contributed by atoms with Crippen molar-refractivity contribution < 1.29 is 4.79 Å². The van der Waals surface area contributed by atoms with E-state index < -0.39 is 0 Å². The molecule has 0 amide bonds. The third-order valence-corrected chi connectivity index (χ3v) is 4.06. The van der Waals surface area contributed by atoms with E-state index >= 15 is 0 Å².